The van der Waals surface area contributed by atoms with Gasteiger partial charge in [0, 0.05) is 12.1 Å². The van der Waals surface area contributed by atoms with Gasteiger partial charge in [-0.15, -0.1) is 0 Å². The summed E-state index contributed by atoms with van der Waals surface area (Å²) in [5, 5.41) is 13.3. The molecule has 2 aromatic carbocycles. The Kier molecular flexibility index (Phi) is 5.79. The highest BCUT2D eigenvalue weighted by Crippen LogP contribution is 2.36. The minimum atomic E-state index is -4.09. The first-order valence-corrected chi connectivity index (χ1v) is 11.4. The highest BCUT2D eigenvalue weighted by molar-refractivity contribution is 7.93. The van der Waals surface area contributed by atoms with Crippen LogP contribution < -0.4 is 9.46 Å². The predicted octanol–water partition coefficient (Wildman–Crippen LogP) is 4.20. The molecule has 162 valence electrons. The second-order valence-electron chi connectivity index (χ2n) is 6.29. The molecule has 0 amide bonds. The van der Waals surface area contributed by atoms with Crippen LogP contribution >= 0.6 is 22.9 Å². The number of aromatic nitrogens is 4. The van der Waals surface area contributed by atoms with Crippen molar-refractivity contribution in [3.63, 3.8) is 0 Å². The van der Waals surface area contributed by atoms with E-state index in [0.717, 1.165) is 12.3 Å². The van der Waals surface area contributed by atoms with E-state index >= 15 is 0 Å². The van der Waals surface area contributed by atoms with Crippen LogP contribution in [-0.2, 0) is 17.1 Å². The third kappa shape index (κ3) is 4.40. The fourth-order valence-electron chi connectivity index (χ4n) is 2.75. The average molecular weight is 491 g/mol. The highest BCUT2D eigenvalue weighted by atomic mass is 35.5. The monoisotopic (exact) mass is 490 g/mol. The van der Waals surface area contributed by atoms with Crippen LogP contribution in [0.3, 0.4) is 0 Å². The Hall–Kier alpha value is -3.53. The van der Waals surface area contributed by atoms with Crippen molar-refractivity contribution in [1.82, 2.24) is 19.7 Å². The van der Waals surface area contributed by atoms with Crippen molar-refractivity contribution in [3.8, 4) is 29.0 Å². The molecule has 0 aliphatic heterocycles. The molecule has 0 saturated carbocycles. The predicted molar refractivity (Wildman–Crippen MR) is 116 cm³/mol. The summed E-state index contributed by atoms with van der Waals surface area (Å²) in [5.41, 5.74) is 0.502. The van der Waals surface area contributed by atoms with Crippen LogP contribution in [0.15, 0.2) is 53.8 Å². The smallest absolute Gasteiger partial charge is 0.263 e. The minimum Gasteiger partial charge on any atom is -0.455 e. The number of sulfonamides is 1. The zero-order valence-corrected chi connectivity index (χ0v) is 18.5. The molecule has 1 N–H and O–H groups in total. The molecule has 0 atom stereocenters. The van der Waals surface area contributed by atoms with Gasteiger partial charge in [0.25, 0.3) is 10.0 Å². The van der Waals surface area contributed by atoms with Crippen LogP contribution in [0.5, 0.6) is 11.5 Å². The van der Waals surface area contributed by atoms with Gasteiger partial charge < -0.3 is 4.74 Å². The molecule has 0 bridgehead atoms. The van der Waals surface area contributed by atoms with Crippen molar-refractivity contribution in [3.05, 3.63) is 64.6 Å². The molecular weight excluding hydrogens is 479 g/mol. The van der Waals surface area contributed by atoms with E-state index in [1.807, 2.05) is 6.07 Å². The minimum absolute atomic E-state index is 0.0305. The Bertz CT molecular complexity index is 1460. The lowest BCUT2D eigenvalue weighted by Gasteiger charge is -2.13. The standard InChI is InChI=1S/C19H12ClFN6O3S2/c1-27-18(24-10-25-27)14-7-12(20)2-4-16(14)30-15-5-3-13(6-11(15)8-22)32(28,29)26-19-23-9-17(21)31-19/h2-7,9-10H,1H3,(H,23,26). The van der Waals surface area contributed by atoms with E-state index in [9.17, 15) is 18.1 Å². The van der Waals surface area contributed by atoms with Gasteiger partial charge in [-0.2, -0.15) is 14.8 Å². The van der Waals surface area contributed by atoms with Crippen LogP contribution in [0, 0.1) is 16.5 Å². The first kappa shape index (κ1) is 21.7. The van der Waals surface area contributed by atoms with Gasteiger partial charge in [-0.25, -0.2) is 23.1 Å². The molecule has 13 heteroatoms. The van der Waals surface area contributed by atoms with Crippen LogP contribution in [0.1, 0.15) is 5.56 Å². The van der Waals surface area contributed by atoms with Gasteiger partial charge in [0.1, 0.15) is 23.9 Å². The van der Waals surface area contributed by atoms with Gasteiger partial charge >= 0.3 is 0 Å². The number of rotatable bonds is 6. The molecular formula is C19H12ClFN6O3S2. The Morgan fingerprint density at radius 2 is 2.00 bits per heavy atom. The highest BCUT2D eigenvalue weighted by Gasteiger charge is 2.20. The molecule has 4 rings (SSSR count). The first-order valence-electron chi connectivity index (χ1n) is 8.77. The molecule has 0 aliphatic rings. The van der Waals surface area contributed by atoms with Gasteiger partial charge in [0.15, 0.2) is 16.1 Å². The zero-order chi connectivity index (χ0) is 22.9. The number of ether oxygens (including phenoxy) is 1. The van der Waals surface area contributed by atoms with Crippen molar-refractivity contribution in [2.24, 2.45) is 7.05 Å². The maximum atomic E-state index is 13.1. The third-order valence-corrected chi connectivity index (χ3v) is 6.60. The number of nitriles is 1. The normalized spacial score (nSPS) is 11.2. The van der Waals surface area contributed by atoms with Crippen molar-refractivity contribution in [2.75, 3.05) is 4.72 Å². The lowest BCUT2D eigenvalue weighted by atomic mass is 10.1. The van der Waals surface area contributed by atoms with Gasteiger partial charge in [-0.05, 0) is 36.4 Å². The van der Waals surface area contributed by atoms with Crippen molar-refractivity contribution < 1.29 is 17.5 Å². The Balaban J connectivity index is 1.68. The number of anilines is 1. The number of thiazole rings is 1. The summed E-state index contributed by atoms with van der Waals surface area (Å²) < 4.78 is 47.9. The summed E-state index contributed by atoms with van der Waals surface area (Å²) in [4.78, 5) is 7.61. The summed E-state index contributed by atoms with van der Waals surface area (Å²) in [6, 6.07) is 10.6. The van der Waals surface area contributed by atoms with E-state index in [0.29, 0.717) is 33.5 Å². The molecule has 2 heterocycles. The second-order valence-corrected chi connectivity index (χ2v) is 9.39. The van der Waals surface area contributed by atoms with Gasteiger partial charge in [-0.1, -0.05) is 22.9 Å². The molecule has 4 aromatic rings. The summed E-state index contributed by atoms with van der Waals surface area (Å²) in [6.45, 7) is 0. The van der Waals surface area contributed by atoms with Crippen LogP contribution in [0.4, 0.5) is 9.52 Å². The molecule has 0 unspecified atom stereocenters. The summed E-state index contributed by atoms with van der Waals surface area (Å²) >= 11 is 6.67. The largest absolute Gasteiger partial charge is 0.455 e. The molecule has 0 spiro atoms. The van der Waals surface area contributed by atoms with Crippen LogP contribution in [-0.4, -0.2) is 28.2 Å². The molecule has 32 heavy (non-hydrogen) atoms. The van der Waals surface area contributed by atoms with Crippen molar-refractivity contribution >= 4 is 38.1 Å². The van der Waals surface area contributed by atoms with Crippen LogP contribution in [0.25, 0.3) is 11.4 Å². The Morgan fingerprint density at radius 3 is 2.66 bits per heavy atom. The summed E-state index contributed by atoms with van der Waals surface area (Å²) in [5.74, 6) is 0.951. The number of hydrogen-bond acceptors (Lipinski definition) is 8. The molecule has 2 aromatic heterocycles. The topological polar surface area (TPSA) is 123 Å². The van der Waals surface area contributed by atoms with E-state index in [1.165, 1.54) is 23.1 Å². The van der Waals surface area contributed by atoms with E-state index in [-0.39, 0.29) is 21.3 Å². The molecule has 0 saturated heterocycles. The maximum absolute atomic E-state index is 13.1. The summed E-state index contributed by atoms with van der Waals surface area (Å²) in [7, 11) is -2.39. The number of halogens is 2. The average Bonchev–Trinajstić information content (AvgIpc) is 3.36. The second kappa shape index (κ2) is 8.54. The Labute approximate surface area is 190 Å². The fraction of sp³-hybridized carbons (Fsp3) is 0.0526. The van der Waals surface area contributed by atoms with Crippen molar-refractivity contribution in [1.29, 1.82) is 5.26 Å². The first-order chi connectivity index (χ1) is 15.3. The van der Waals surface area contributed by atoms with Gasteiger partial charge in [-0.3, -0.25) is 4.72 Å². The molecule has 0 fully saturated rings. The molecule has 9 nitrogen and oxygen atoms in total. The van der Waals surface area contributed by atoms with E-state index in [4.69, 9.17) is 16.3 Å². The number of aryl methyl sites for hydroxylation is 1. The zero-order valence-electron chi connectivity index (χ0n) is 16.2. The summed E-state index contributed by atoms with van der Waals surface area (Å²) in [6.07, 6.45) is 2.28. The van der Waals surface area contributed by atoms with E-state index in [2.05, 4.69) is 19.8 Å². The van der Waals surface area contributed by atoms with Crippen molar-refractivity contribution in [2.45, 2.75) is 4.90 Å². The quantitative estimate of drug-likeness (QED) is 0.429. The lowest BCUT2D eigenvalue weighted by molar-refractivity contribution is 0.481. The maximum Gasteiger partial charge on any atom is 0.263 e. The number of benzene rings is 2. The number of nitrogens with zero attached hydrogens (tertiary/aromatic N) is 5. The lowest BCUT2D eigenvalue weighted by Crippen LogP contribution is -2.13. The molecule has 0 aliphatic carbocycles. The van der Waals surface area contributed by atoms with Gasteiger partial charge in [0.2, 0.25) is 0 Å². The Morgan fingerprint density at radius 1 is 1.22 bits per heavy atom. The number of hydrogen-bond donors (Lipinski definition) is 1. The van der Waals surface area contributed by atoms with E-state index < -0.39 is 15.2 Å². The van der Waals surface area contributed by atoms with Crippen LogP contribution in [0.2, 0.25) is 5.02 Å². The van der Waals surface area contributed by atoms with E-state index in [1.54, 1.807) is 25.2 Å². The molecule has 0 radical (unpaired) electrons. The number of nitrogens with one attached hydrogen (secondary N) is 1. The third-order valence-electron chi connectivity index (χ3n) is 4.19. The fourth-order valence-corrected chi connectivity index (χ4v) is 4.74. The SMILES string of the molecule is Cn1ncnc1-c1cc(Cl)ccc1Oc1ccc(S(=O)(=O)Nc2ncc(F)s2)cc1C#N. The van der Waals surface area contributed by atoms with Gasteiger partial charge in [0.05, 0.1) is 22.2 Å².